The molecule has 0 amide bonds. The summed E-state index contributed by atoms with van der Waals surface area (Å²) in [4.78, 5) is 10.6. The van der Waals surface area contributed by atoms with Crippen LogP contribution in [0.15, 0.2) is 66.3 Å². The van der Waals surface area contributed by atoms with Gasteiger partial charge in [-0.3, -0.25) is 4.99 Å². The summed E-state index contributed by atoms with van der Waals surface area (Å²) < 4.78 is 4.20. The highest BCUT2D eigenvalue weighted by atomic mass is 127. The van der Waals surface area contributed by atoms with Gasteiger partial charge in [-0.1, -0.05) is 24.3 Å². The van der Waals surface area contributed by atoms with Gasteiger partial charge >= 0.3 is 0 Å². The Morgan fingerprint density at radius 2 is 2.00 bits per heavy atom. The van der Waals surface area contributed by atoms with E-state index in [0.29, 0.717) is 0 Å². The Hall–Kier alpha value is -2.29. The first-order valence-corrected chi connectivity index (χ1v) is 8.71. The predicted molar refractivity (Wildman–Crippen MR) is 120 cm³/mol. The SMILES string of the molecule is CN=C(NCc1cccc(Cn2ccnc2)c1)N(C)Cc1cccn1C.I. The van der Waals surface area contributed by atoms with Crippen LogP contribution in [0.25, 0.3) is 0 Å². The molecule has 0 unspecified atom stereocenters. The van der Waals surface area contributed by atoms with Crippen LogP contribution in [-0.2, 0) is 26.7 Å². The zero-order valence-corrected chi connectivity index (χ0v) is 18.4. The number of hydrogen-bond acceptors (Lipinski definition) is 2. The minimum absolute atomic E-state index is 0. The maximum Gasteiger partial charge on any atom is 0.194 e. The Morgan fingerprint density at radius 1 is 1.19 bits per heavy atom. The van der Waals surface area contributed by atoms with E-state index in [9.17, 15) is 0 Å². The van der Waals surface area contributed by atoms with Crippen LogP contribution in [0.2, 0.25) is 0 Å². The lowest BCUT2D eigenvalue weighted by Crippen LogP contribution is -2.38. The van der Waals surface area contributed by atoms with Crippen LogP contribution >= 0.6 is 24.0 Å². The van der Waals surface area contributed by atoms with Gasteiger partial charge < -0.3 is 19.4 Å². The average molecular weight is 478 g/mol. The number of guanidine groups is 1. The molecule has 0 aliphatic heterocycles. The molecule has 0 radical (unpaired) electrons. The van der Waals surface area contributed by atoms with Crippen LogP contribution in [0.5, 0.6) is 0 Å². The zero-order valence-electron chi connectivity index (χ0n) is 16.0. The molecule has 0 saturated heterocycles. The first-order chi connectivity index (χ1) is 12.7. The molecule has 0 bridgehead atoms. The Balaban J connectivity index is 0.00000261. The van der Waals surface area contributed by atoms with E-state index < -0.39 is 0 Å². The highest BCUT2D eigenvalue weighted by Gasteiger charge is 2.08. The molecule has 7 heteroatoms. The Bertz CT molecular complexity index is 853. The second kappa shape index (κ2) is 10.1. The van der Waals surface area contributed by atoms with Crippen LogP contribution in [0, 0.1) is 0 Å². The molecular formula is C20H27IN6. The van der Waals surface area contributed by atoms with E-state index in [2.05, 4.69) is 86.0 Å². The topological polar surface area (TPSA) is 50.4 Å². The highest BCUT2D eigenvalue weighted by molar-refractivity contribution is 14.0. The van der Waals surface area contributed by atoms with E-state index in [4.69, 9.17) is 0 Å². The van der Waals surface area contributed by atoms with Crippen molar-refractivity contribution in [2.24, 2.45) is 12.0 Å². The second-order valence-electron chi connectivity index (χ2n) is 6.42. The molecule has 2 heterocycles. The van der Waals surface area contributed by atoms with Crippen molar-refractivity contribution in [1.29, 1.82) is 0 Å². The number of benzene rings is 1. The summed E-state index contributed by atoms with van der Waals surface area (Å²) in [5.74, 6) is 0.881. The van der Waals surface area contributed by atoms with Gasteiger partial charge in [-0.25, -0.2) is 4.98 Å². The van der Waals surface area contributed by atoms with E-state index in [1.54, 1.807) is 6.20 Å². The van der Waals surface area contributed by atoms with Gasteiger partial charge in [-0.15, -0.1) is 24.0 Å². The number of hydrogen-bond donors (Lipinski definition) is 1. The highest BCUT2D eigenvalue weighted by Crippen LogP contribution is 2.08. The molecule has 0 fully saturated rings. The van der Waals surface area contributed by atoms with Gasteiger partial charge in [0.25, 0.3) is 0 Å². The largest absolute Gasteiger partial charge is 0.353 e. The van der Waals surface area contributed by atoms with Gasteiger partial charge in [-0.05, 0) is 23.3 Å². The van der Waals surface area contributed by atoms with Crippen LogP contribution in [0.3, 0.4) is 0 Å². The minimum atomic E-state index is 0. The van der Waals surface area contributed by atoms with Crippen molar-refractivity contribution >= 4 is 29.9 Å². The van der Waals surface area contributed by atoms with Gasteiger partial charge in [0.2, 0.25) is 0 Å². The van der Waals surface area contributed by atoms with Gasteiger partial charge in [-0.2, -0.15) is 0 Å². The van der Waals surface area contributed by atoms with Crippen molar-refractivity contribution in [2.75, 3.05) is 14.1 Å². The van der Waals surface area contributed by atoms with Crippen molar-refractivity contribution in [3.05, 3.63) is 78.1 Å². The predicted octanol–water partition coefficient (Wildman–Crippen LogP) is 3.10. The van der Waals surface area contributed by atoms with Crippen LogP contribution in [0.4, 0.5) is 0 Å². The lowest BCUT2D eigenvalue weighted by Gasteiger charge is -2.22. The Morgan fingerprint density at radius 3 is 2.67 bits per heavy atom. The summed E-state index contributed by atoms with van der Waals surface area (Å²) in [6.45, 7) is 2.38. The summed E-state index contributed by atoms with van der Waals surface area (Å²) in [6, 6.07) is 12.8. The molecular weight excluding hydrogens is 451 g/mol. The first kappa shape index (κ1) is 21.0. The van der Waals surface area contributed by atoms with Crippen molar-refractivity contribution in [3.63, 3.8) is 0 Å². The normalized spacial score (nSPS) is 11.1. The summed E-state index contributed by atoms with van der Waals surface area (Å²) in [5.41, 5.74) is 3.74. The molecule has 0 saturated carbocycles. The molecule has 6 nitrogen and oxygen atoms in total. The number of aryl methyl sites for hydroxylation is 1. The van der Waals surface area contributed by atoms with Gasteiger partial charge in [0.15, 0.2) is 5.96 Å². The summed E-state index contributed by atoms with van der Waals surface area (Å²) >= 11 is 0. The number of halogens is 1. The minimum Gasteiger partial charge on any atom is -0.353 e. The van der Waals surface area contributed by atoms with E-state index in [1.807, 2.05) is 19.6 Å². The molecule has 144 valence electrons. The molecule has 2 aromatic heterocycles. The molecule has 27 heavy (non-hydrogen) atoms. The molecule has 3 aromatic rings. The van der Waals surface area contributed by atoms with Gasteiger partial charge in [0.05, 0.1) is 12.9 Å². The summed E-state index contributed by atoms with van der Waals surface area (Å²) in [6.07, 6.45) is 7.68. The molecule has 1 aromatic carbocycles. The maximum atomic E-state index is 4.41. The lowest BCUT2D eigenvalue weighted by molar-refractivity contribution is 0.461. The molecule has 0 atom stereocenters. The molecule has 0 spiro atoms. The lowest BCUT2D eigenvalue weighted by atomic mass is 10.1. The third kappa shape index (κ3) is 5.85. The number of aliphatic imine (C=N–C) groups is 1. The number of imidazole rings is 1. The molecule has 0 aliphatic carbocycles. The van der Waals surface area contributed by atoms with Crippen molar-refractivity contribution < 1.29 is 0 Å². The fourth-order valence-electron chi connectivity index (χ4n) is 2.97. The number of nitrogens with one attached hydrogen (secondary N) is 1. The van der Waals surface area contributed by atoms with Gasteiger partial charge in [0.1, 0.15) is 0 Å². The fourth-order valence-corrected chi connectivity index (χ4v) is 2.97. The van der Waals surface area contributed by atoms with Crippen LogP contribution < -0.4 is 5.32 Å². The molecule has 3 rings (SSSR count). The average Bonchev–Trinajstić information content (AvgIpc) is 3.28. The van der Waals surface area contributed by atoms with Crippen molar-refractivity contribution in [1.82, 2.24) is 24.3 Å². The number of nitrogens with zero attached hydrogens (tertiary/aromatic N) is 5. The monoisotopic (exact) mass is 478 g/mol. The number of rotatable bonds is 6. The van der Waals surface area contributed by atoms with E-state index in [1.165, 1.54) is 16.8 Å². The maximum absolute atomic E-state index is 4.41. The second-order valence-corrected chi connectivity index (χ2v) is 6.42. The zero-order chi connectivity index (χ0) is 18.4. The molecule has 1 N–H and O–H groups in total. The van der Waals surface area contributed by atoms with Crippen molar-refractivity contribution in [3.8, 4) is 0 Å². The number of aromatic nitrogens is 3. The third-order valence-corrected chi connectivity index (χ3v) is 4.39. The third-order valence-electron chi connectivity index (χ3n) is 4.39. The smallest absolute Gasteiger partial charge is 0.194 e. The Kier molecular flexibility index (Phi) is 7.90. The van der Waals surface area contributed by atoms with Crippen LogP contribution in [0.1, 0.15) is 16.8 Å². The van der Waals surface area contributed by atoms with E-state index in [0.717, 1.165) is 25.6 Å². The standard InChI is InChI=1S/C20H26N6.HI/c1-21-20(25(3)15-19-8-5-10-24(19)2)23-13-17-6-4-7-18(12-17)14-26-11-9-22-16-26;/h4-12,16H,13-15H2,1-3H3,(H,21,23);1H. The quantitative estimate of drug-likeness (QED) is 0.337. The molecule has 0 aliphatic rings. The van der Waals surface area contributed by atoms with E-state index in [-0.39, 0.29) is 24.0 Å². The van der Waals surface area contributed by atoms with Crippen LogP contribution in [-0.4, -0.2) is 39.1 Å². The first-order valence-electron chi connectivity index (χ1n) is 8.71. The van der Waals surface area contributed by atoms with Crippen molar-refractivity contribution in [2.45, 2.75) is 19.6 Å². The fraction of sp³-hybridized carbons (Fsp3) is 0.300. The summed E-state index contributed by atoms with van der Waals surface area (Å²) in [7, 11) is 5.93. The Labute approximate surface area is 178 Å². The van der Waals surface area contributed by atoms with E-state index >= 15 is 0 Å². The summed E-state index contributed by atoms with van der Waals surface area (Å²) in [5, 5.41) is 3.45. The van der Waals surface area contributed by atoms with Gasteiger partial charge in [0, 0.05) is 58.5 Å².